The Kier molecular flexibility index (Phi) is 13.9. The van der Waals surface area contributed by atoms with Crippen LogP contribution in [0.1, 0.15) is 33.6 Å². The van der Waals surface area contributed by atoms with Crippen molar-refractivity contribution in [2.24, 2.45) is 0 Å². The summed E-state index contributed by atoms with van der Waals surface area (Å²) >= 11 is 0. The zero-order valence-corrected chi connectivity index (χ0v) is 21.9. The lowest BCUT2D eigenvalue weighted by Gasteiger charge is -2.27. The Morgan fingerprint density at radius 2 is 1.44 bits per heavy atom. The minimum absolute atomic E-state index is 0. The van der Waals surface area contributed by atoms with Crippen LogP contribution in [0, 0.1) is 0 Å². The van der Waals surface area contributed by atoms with Crippen LogP contribution in [0.5, 0.6) is 23.0 Å². The minimum Gasteiger partial charge on any atom is -0.494 e. The van der Waals surface area contributed by atoms with Crippen molar-refractivity contribution in [3.05, 3.63) is 42.5 Å². The van der Waals surface area contributed by atoms with Crippen molar-refractivity contribution in [2.75, 3.05) is 58.5 Å². The average Bonchev–Trinajstić information content (AvgIpc) is 2.86. The number of likely N-dealkylation sites (N-methyl/N-ethyl adjacent to an activating group) is 1. The third-order valence-corrected chi connectivity index (χ3v) is 5.47. The fraction of sp³-hybridized carbons (Fsp3) is 0.500. The van der Waals surface area contributed by atoms with Gasteiger partial charge in [0, 0.05) is 24.8 Å². The van der Waals surface area contributed by atoms with Gasteiger partial charge >= 0.3 is 0 Å². The molecule has 0 unspecified atom stereocenters. The van der Waals surface area contributed by atoms with E-state index in [9.17, 15) is 4.79 Å². The summed E-state index contributed by atoms with van der Waals surface area (Å²) in [6.07, 6.45) is 2.11. The fourth-order valence-corrected chi connectivity index (χ4v) is 3.36. The maximum atomic E-state index is 13.2. The number of hydrogen-bond donors (Lipinski definition) is 0. The summed E-state index contributed by atoms with van der Waals surface area (Å²) in [6.45, 7) is 10.1. The van der Waals surface area contributed by atoms with Gasteiger partial charge in [0.05, 0.1) is 20.8 Å². The van der Waals surface area contributed by atoms with Crippen molar-refractivity contribution in [3.63, 3.8) is 0 Å². The number of unbranched alkanes of at least 4 members (excludes halogenated alkanes) is 1. The van der Waals surface area contributed by atoms with Crippen LogP contribution in [0.2, 0.25) is 0 Å². The molecule has 190 valence electrons. The molecule has 0 aliphatic carbocycles. The van der Waals surface area contributed by atoms with Crippen molar-refractivity contribution in [2.45, 2.75) is 33.6 Å². The molecule has 0 aliphatic heterocycles. The summed E-state index contributed by atoms with van der Waals surface area (Å²) in [5, 5.41) is 0. The van der Waals surface area contributed by atoms with Crippen LogP contribution >= 0.6 is 12.4 Å². The number of nitrogens with zero attached hydrogens (tertiary/aromatic N) is 2. The first-order chi connectivity index (χ1) is 16.1. The predicted octanol–water partition coefficient (Wildman–Crippen LogP) is 5.06. The highest BCUT2D eigenvalue weighted by Crippen LogP contribution is 2.31. The highest BCUT2D eigenvalue weighted by Gasteiger charge is 2.19. The Morgan fingerprint density at radius 3 is 2.00 bits per heavy atom. The molecular weight excluding hydrogens is 456 g/mol. The van der Waals surface area contributed by atoms with Crippen LogP contribution < -0.4 is 23.8 Å². The number of amides is 1. The first kappa shape index (κ1) is 29.4. The standard InChI is InChI=1S/C26H38N2O5.ClH/c1-6-9-18-32-22-11-13-23(14-12-22)33-20-26(29)28(17-16-27(7-2)8-3)21-10-15-24(30-4)25(19-21)31-5;/h10-15,19H,6-9,16-18,20H2,1-5H3;1H. The van der Waals surface area contributed by atoms with Gasteiger partial charge < -0.3 is 28.7 Å². The van der Waals surface area contributed by atoms with Gasteiger partial charge in [-0.15, -0.1) is 12.4 Å². The van der Waals surface area contributed by atoms with Gasteiger partial charge in [-0.2, -0.15) is 0 Å². The van der Waals surface area contributed by atoms with Gasteiger partial charge in [-0.05, 0) is 55.9 Å². The molecule has 2 aromatic carbocycles. The molecule has 0 bridgehead atoms. The van der Waals surface area contributed by atoms with Gasteiger partial charge in [-0.25, -0.2) is 0 Å². The molecule has 0 fully saturated rings. The Balaban J connectivity index is 0.00000578. The first-order valence-corrected chi connectivity index (χ1v) is 11.7. The van der Waals surface area contributed by atoms with Crippen molar-refractivity contribution in [3.8, 4) is 23.0 Å². The number of anilines is 1. The molecule has 0 radical (unpaired) electrons. The molecule has 0 aliphatic rings. The molecule has 34 heavy (non-hydrogen) atoms. The maximum Gasteiger partial charge on any atom is 0.264 e. The van der Waals surface area contributed by atoms with Crippen molar-refractivity contribution >= 4 is 24.0 Å². The van der Waals surface area contributed by atoms with Gasteiger partial charge in [-0.1, -0.05) is 27.2 Å². The second kappa shape index (κ2) is 16.1. The number of ether oxygens (including phenoxy) is 4. The quantitative estimate of drug-likeness (QED) is 0.322. The molecular formula is C26H39ClN2O5. The highest BCUT2D eigenvalue weighted by molar-refractivity contribution is 5.94. The van der Waals surface area contributed by atoms with Gasteiger partial charge in [0.25, 0.3) is 5.91 Å². The van der Waals surface area contributed by atoms with Crippen molar-refractivity contribution < 1.29 is 23.7 Å². The number of methoxy groups -OCH3 is 2. The number of carbonyl (C=O) groups excluding carboxylic acids is 1. The highest BCUT2D eigenvalue weighted by atomic mass is 35.5. The maximum absolute atomic E-state index is 13.2. The molecule has 0 heterocycles. The van der Waals surface area contributed by atoms with Gasteiger partial charge in [0.15, 0.2) is 18.1 Å². The largest absolute Gasteiger partial charge is 0.494 e. The molecule has 0 saturated heterocycles. The molecule has 7 nitrogen and oxygen atoms in total. The zero-order valence-electron chi connectivity index (χ0n) is 21.0. The van der Waals surface area contributed by atoms with Crippen LogP contribution in [0.3, 0.4) is 0 Å². The van der Waals surface area contributed by atoms with E-state index in [1.807, 2.05) is 42.5 Å². The van der Waals surface area contributed by atoms with E-state index in [4.69, 9.17) is 18.9 Å². The number of halogens is 1. The van der Waals surface area contributed by atoms with E-state index < -0.39 is 0 Å². The molecule has 0 spiro atoms. The number of hydrogen-bond acceptors (Lipinski definition) is 6. The summed E-state index contributed by atoms with van der Waals surface area (Å²) in [6, 6.07) is 12.9. The molecule has 2 aromatic rings. The Hall–Kier alpha value is -2.64. The van der Waals surface area contributed by atoms with E-state index >= 15 is 0 Å². The molecule has 1 amide bonds. The summed E-state index contributed by atoms with van der Waals surface area (Å²) in [5.74, 6) is 2.50. The monoisotopic (exact) mass is 494 g/mol. The topological polar surface area (TPSA) is 60.5 Å². The Bertz CT molecular complexity index is 844. The second-order valence-electron chi connectivity index (χ2n) is 7.57. The van der Waals surface area contributed by atoms with E-state index in [2.05, 4.69) is 25.7 Å². The van der Waals surface area contributed by atoms with Crippen LogP contribution in [0.15, 0.2) is 42.5 Å². The number of carbonyl (C=O) groups is 1. The van der Waals surface area contributed by atoms with E-state index in [0.717, 1.165) is 43.9 Å². The summed E-state index contributed by atoms with van der Waals surface area (Å²) in [5.41, 5.74) is 0.744. The summed E-state index contributed by atoms with van der Waals surface area (Å²) < 4.78 is 22.2. The van der Waals surface area contributed by atoms with Crippen LogP contribution in [0.25, 0.3) is 0 Å². The Labute approximate surface area is 210 Å². The molecule has 0 atom stereocenters. The van der Waals surface area contributed by atoms with Crippen molar-refractivity contribution in [1.29, 1.82) is 0 Å². The second-order valence-corrected chi connectivity index (χ2v) is 7.57. The summed E-state index contributed by atoms with van der Waals surface area (Å²) in [7, 11) is 3.18. The smallest absolute Gasteiger partial charge is 0.264 e. The third-order valence-electron chi connectivity index (χ3n) is 5.47. The van der Waals surface area contributed by atoms with Gasteiger partial charge in [-0.3, -0.25) is 4.79 Å². The molecule has 8 heteroatoms. The first-order valence-electron chi connectivity index (χ1n) is 11.7. The zero-order chi connectivity index (χ0) is 24.1. The number of rotatable bonds is 15. The van der Waals surface area contributed by atoms with E-state index in [1.54, 1.807) is 19.1 Å². The molecule has 2 rings (SSSR count). The van der Waals surface area contributed by atoms with Gasteiger partial charge in [0.2, 0.25) is 0 Å². The van der Waals surface area contributed by atoms with Crippen LogP contribution in [-0.4, -0.2) is 64.4 Å². The van der Waals surface area contributed by atoms with Crippen molar-refractivity contribution in [1.82, 2.24) is 4.90 Å². The van der Waals surface area contributed by atoms with E-state index in [0.29, 0.717) is 30.4 Å². The molecule has 0 aromatic heterocycles. The normalized spacial score (nSPS) is 10.4. The van der Waals surface area contributed by atoms with E-state index in [-0.39, 0.29) is 24.9 Å². The predicted molar refractivity (Wildman–Crippen MR) is 139 cm³/mol. The average molecular weight is 495 g/mol. The lowest BCUT2D eigenvalue weighted by Crippen LogP contribution is -2.41. The van der Waals surface area contributed by atoms with Crippen LogP contribution in [0.4, 0.5) is 5.69 Å². The minimum atomic E-state index is -0.127. The molecule has 0 N–H and O–H groups in total. The summed E-state index contributed by atoms with van der Waals surface area (Å²) in [4.78, 5) is 17.2. The SMILES string of the molecule is CCCCOc1ccc(OCC(=O)N(CCN(CC)CC)c2ccc(OC)c(OC)c2)cc1.Cl. The molecule has 0 saturated carbocycles. The van der Waals surface area contributed by atoms with Gasteiger partial charge in [0.1, 0.15) is 11.5 Å². The number of benzene rings is 2. The lowest BCUT2D eigenvalue weighted by atomic mass is 10.2. The third kappa shape index (κ3) is 8.95. The lowest BCUT2D eigenvalue weighted by molar-refractivity contribution is -0.120. The van der Waals surface area contributed by atoms with Crippen LogP contribution in [-0.2, 0) is 4.79 Å². The Morgan fingerprint density at radius 1 is 0.824 bits per heavy atom. The fourth-order valence-electron chi connectivity index (χ4n) is 3.36. The van der Waals surface area contributed by atoms with E-state index in [1.165, 1.54) is 0 Å².